The summed E-state index contributed by atoms with van der Waals surface area (Å²) >= 11 is 0. The van der Waals surface area contributed by atoms with Crippen molar-refractivity contribution in [2.75, 3.05) is 43.5 Å². The monoisotopic (exact) mass is 545 g/mol. The Morgan fingerprint density at radius 3 is 2.30 bits per heavy atom. The largest absolute Gasteiger partial charge is 0.394 e. The maximum atomic E-state index is 10.7. The molecule has 2 aromatic heterocycles. The summed E-state index contributed by atoms with van der Waals surface area (Å²) < 4.78 is 7.43. The van der Waals surface area contributed by atoms with Crippen molar-refractivity contribution >= 4 is 22.9 Å². The van der Waals surface area contributed by atoms with Crippen molar-refractivity contribution in [1.82, 2.24) is 24.8 Å². The molecule has 5 atom stereocenters. The third-order valence-corrected chi connectivity index (χ3v) is 7.96. The summed E-state index contributed by atoms with van der Waals surface area (Å²) in [6.07, 6.45) is -1.80. The van der Waals surface area contributed by atoms with Crippen LogP contribution >= 0.6 is 0 Å². The highest BCUT2D eigenvalue weighted by Crippen LogP contribution is 2.34. The summed E-state index contributed by atoms with van der Waals surface area (Å²) in [6.45, 7) is 1.72. The average Bonchev–Trinajstić information content (AvgIpc) is 3.72. The van der Waals surface area contributed by atoms with Crippen molar-refractivity contribution in [2.45, 2.75) is 42.9 Å². The molecule has 4 heterocycles. The predicted molar refractivity (Wildman–Crippen MR) is 151 cm³/mol. The number of aliphatic hydroxyl groups is 3. The van der Waals surface area contributed by atoms with Crippen LogP contribution < -0.4 is 15.5 Å². The normalized spacial score (nSPS) is 24.8. The molecule has 0 saturated carbocycles. The van der Waals surface area contributed by atoms with Gasteiger partial charge in [0, 0.05) is 31.6 Å². The van der Waals surface area contributed by atoms with Gasteiger partial charge in [0.15, 0.2) is 23.2 Å². The molecule has 11 heteroatoms. The molecular weight excluding hydrogens is 510 g/mol. The highest BCUT2D eigenvalue weighted by Gasteiger charge is 2.44. The van der Waals surface area contributed by atoms with Gasteiger partial charge in [0.05, 0.1) is 12.9 Å². The van der Waals surface area contributed by atoms with E-state index in [1.807, 2.05) is 43.4 Å². The number of benzene rings is 2. The van der Waals surface area contributed by atoms with Crippen molar-refractivity contribution in [1.29, 1.82) is 0 Å². The third kappa shape index (κ3) is 5.02. The SMILES string of the molecule is CN[C@@H]1CCN(c2nc(NCC(c3ccccc3)c3ccccc3)c3ncn([C@@H]4O[C@H](CO)[C@@H](O)[C@H]4O)c3n2)C1. The fraction of sp³-hybridized carbons (Fsp3) is 0.414. The quantitative estimate of drug-likeness (QED) is 0.210. The van der Waals surface area contributed by atoms with Crippen LogP contribution in [0, 0.1) is 0 Å². The van der Waals surface area contributed by atoms with Gasteiger partial charge >= 0.3 is 0 Å². The van der Waals surface area contributed by atoms with E-state index in [9.17, 15) is 15.3 Å². The third-order valence-electron chi connectivity index (χ3n) is 7.96. The maximum absolute atomic E-state index is 10.7. The number of imidazole rings is 1. The summed E-state index contributed by atoms with van der Waals surface area (Å²) in [5.41, 5.74) is 3.37. The number of fused-ring (bicyclic) bond motifs is 1. The lowest BCUT2D eigenvalue weighted by atomic mass is 9.91. The molecule has 4 aromatic rings. The molecule has 0 aliphatic carbocycles. The van der Waals surface area contributed by atoms with Gasteiger partial charge < -0.3 is 35.6 Å². The van der Waals surface area contributed by atoms with E-state index in [-0.39, 0.29) is 5.92 Å². The standard InChI is InChI=1S/C29H35N7O4/c1-30-20-12-13-35(15-20)29-33-26(31-14-21(18-8-4-2-5-9-18)19-10-6-3-7-11-19)23-27(34-29)36(17-32-23)28-25(39)24(38)22(16-37)40-28/h2-11,17,20-22,24-25,28,30,37-39H,12-16H2,1H3,(H,31,33,34)/t20-,22-,24-,25-,28-/m1/s1. The molecule has 11 nitrogen and oxygen atoms in total. The molecule has 0 spiro atoms. The Labute approximate surface area is 232 Å². The van der Waals surface area contributed by atoms with Gasteiger partial charge in [0.1, 0.15) is 18.3 Å². The molecule has 2 saturated heterocycles. The Kier molecular flexibility index (Phi) is 7.63. The first-order valence-corrected chi connectivity index (χ1v) is 13.7. The number of nitrogens with one attached hydrogen (secondary N) is 2. The van der Waals surface area contributed by atoms with Crippen molar-refractivity contribution in [2.24, 2.45) is 0 Å². The van der Waals surface area contributed by atoms with Crippen LogP contribution in [0.15, 0.2) is 67.0 Å². The van der Waals surface area contributed by atoms with Gasteiger partial charge in [0.25, 0.3) is 0 Å². The lowest BCUT2D eigenvalue weighted by Gasteiger charge is -2.22. The summed E-state index contributed by atoms with van der Waals surface area (Å²) in [6, 6.07) is 21.0. The topological polar surface area (TPSA) is 141 Å². The Bertz CT molecular complexity index is 1380. The second kappa shape index (κ2) is 11.5. The number of aliphatic hydroxyl groups excluding tert-OH is 3. The van der Waals surface area contributed by atoms with E-state index in [0.29, 0.717) is 35.5 Å². The molecule has 0 bridgehead atoms. The van der Waals surface area contributed by atoms with E-state index in [2.05, 4.69) is 44.8 Å². The highest BCUT2D eigenvalue weighted by molar-refractivity contribution is 5.84. The minimum Gasteiger partial charge on any atom is -0.394 e. The second-order valence-corrected chi connectivity index (χ2v) is 10.4. The van der Waals surface area contributed by atoms with Gasteiger partial charge in [-0.2, -0.15) is 9.97 Å². The molecule has 0 unspecified atom stereocenters. The zero-order valence-corrected chi connectivity index (χ0v) is 22.3. The average molecular weight is 546 g/mol. The lowest BCUT2D eigenvalue weighted by molar-refractivity contribution is -0.0511. The van der Waals surface area contributed by atoms with E-state index in [1.165, 1.54) is 11.1 Å². The van der Waals surface area contributed by atoms with Crippen LogP contribution in [0.4, 0.5) is 11.8 Å². The first-order chi connectivity index (χ1) is 19.6. The number of hydrogen-bond acceptors (Lipinski definition) is 10. The first kappa shape index (κ1) is 26.6. The lowest BCUT2D eigenvalue weighted by Crippen LogP contribution is -2.33. The Morgan fingerprint density at radius 2 is 1.70 bits per heavy atom. The molecule has 2 aliphatic rings. The van der Waals surface area contributed by atoms with Crippen LogP contribution in [0.2, 0.25) is 0 Å². The number of hydrogen-bond donors (Lipinski definition) is 5. The van der Waals surface area contributed by atoms with Crippen molar-refractivity contribution in [3.05, 3.63) is 78.1 Å². The number of likely N-dealkylation sites (N-methyl/N-ethyl adjacent to an activating group) is 1. The van der Waals surface area contributed by atoms with Crippen LogP contribution in [0.5, 0.6) is 0 Å². The minimum absolute atomic E-state index is 0.0684. The van der Waals surface area contributed by atoms with Gasteiger partial charge in [-0.05, 0) is 24.6 Å². The van der Waals surface area contributed by atoms with Crippen LogP contribution in [-0.4, -0.2) is 92.5 Å². The molecule has 6 rings (SSSR count). The van der Waals surface area contributed by atoms with Gasteiger partial charge in [-0.25, -0.2) is 4.98 Å². The Morgan fingerprint density at radius 1 is 1.00 bits per heavy atom. The van der Waals surface area contributed by atoms with Gasteiger partial charge in [-0.1, -0.05) is 60.7 Å². The smallest absolute Gasteiger partial charge is 0.229 e. The van der Waals surface area contributed by atoms with E-state index in [0.717, 1.165) is 19.5 Å². The van der Waals surface area contributed by atoms with Gasteiger partial charge in [-0.3, -0.25) is 4.57 Å². The highest BCUT2D eigenvalue weighted by atomic mass is 16.6. The number of nitrogens with zero attached hydrogens (tertiary/aromatic N) is 5. The van der Waals surface area contributed by atoms with E-state index in [4.69, 9.17) is 14.7 Å². The summed E-state index contributed by atoms with van der Waals surface area (Å²) in [4.78, 5) is 16.5. The Balaban J connectivity index is 1.38. The summed E-state index contributed by atoms with van der Waals surface area (Å²) in [5, 5.41) is 37.6. The van der Waals surface area contributed by atoms with Crippen LogP contribution in [-0.2, 0) is 4.74 Å². The van der Waals surface area contributed by atoms with Gasteiger partial charge in [-0.15, -0.1) is 0 Å². The maximum Gasteiger partial charge on any atom is 0.229 e. The van der Waals surface area contributed by atoms with E-state index < -0.39 is 31.1 Å². The first-order valence-electron chi connectivity index (χ1n) is 13.7. The number of ether oxygens (including phenoxy) is 1. The molecule has 0 radical (unpaired) electrons. The van der Waals surface area contributed by atoms with Crippen LogP contribution in [0.3, 0.4) is 0 Å². The zero-order valence-electron chi connectivity index (χ0n) is 22.3. The van der Waals surface area contributed by atoms with Gasteiger partial charge in [0.2, 0.25) is 5.95 Å². The summed E-state index contributed by atoms with van der Waals surface area (Å²) in [5.74, 6) is 1.20. The van der Waals surface area contributed by atoms with E-state index >= 15 is 0 Å². The second-order valence-electron chi connectivity index (χ2n) is 10.4. The number of anilines is 2. The molecule has 2 fully saturated rings. The number of rotatable bonds is 9. The zero-order chi connectivity index (χ0) is 27.6. The molecule has 0 amide bonds. The predicted octanol–water partition coefficient (Wildman–Crippen LogP) is 1.48. The Hall–Kier alpha value is -3.61. The minimum atomic E-state index is -1.25. The van der Waals surface area contributed by atoms with Crippen molar-refractivity contribution < 1.29 is 20.1 Å². The molecule has 2 aliphatic heterocycles. The summed E-state index contributed by atoms with van der Waals surface area (Å²) in [7, 11) is 1.95. The molecule has 2 aromatic carbocycles. The van der Waals surface area contributed by atoms with Crippen LogP contribution in [0.25, 0.3) is 11.2 Å². The van der Waals surface area contributed by atoms with Crippen molar-refractivity contribution in [3.8, 4) is 0 Å². The molecule has 40 heavy (non-hydrogen) atoms. The number of aromatic nitrogens is 4. The van der Waals surface area contributed by atoms with Crippen molar-refractivity contribution in [3.63, 3.8) is 0 Å². The van der Waals surface area contributed by atoms with Crippen LogP contribution in [0.1, 0.15) is 29.7 Å². The fourth-order valence-corrected chi connectivity index (χ4v) is 5.64. The molecular formula is C29H35N7O4. The molecule has 5 N–H and O–H groups in total. The molecule has 210 valence electrons. The van der Waals surface area contributed by atoms with E-state index in [1.54, 1.807) is 10.9 Å². The fourth-order valence-electron chi connectivity index (χ4n) is 5.64.